The molecule has 1 aromatic heterocycles. The van der Waals surface area contributed by atoms with E-state index in [-0.39, 0.29) is 5.02 Å². The molecule has 0 radical (unpaired) electrons. The van der Waals surface area contributed by atoms with Gasteiger partial charge in [0.25, 0.3) is 0 Å². The molecule has 0 saturated carbocycles. The summed E-state index contributed by atoms with van der Waals surface area (Å²) >= 11 is 5.80. The zero-order valence-electron chi connectivity index (χ0n) is 10.7. The molecule has 1 atom stereocenters. The number of benzene rings is 1. The van der Waals surface area contributed by atoms with Crippen molar-refractivity contribution in [1.82, 2.24) is 4.98 Å². The second kappa shape index (κ2) is 6.13. The van der Waals surface area contributed by atoms with Crippen molar-refractivity contribution >= 4 is 11.6 Å². The molecule has 0 aliphatic rings. The molecule has 19 heavy (non-hydrogen) atoms. The summed E-state index contributed by atoms with van der Waals surface area (Å²) in [5, 5.41) is 0.123. The van der Waals surface area contributed by atoms with Gasteiger partial charge in [0.1, 0.15) is 5.82 Å². The van der Waals surface area contributed by atoms with Crippen LogP contribution >= 0.6 is 11.6 Å². The van der Waals surface area contributed by atoms with E-state index in [0.717, 1.165) is 23.1 Å². The van der Waals surface area contributed by atoms with Crippen molar-refractivity contribution in [2.24, 2.45) is 5.73 Å². The van der Waals surface area contributed by atoms with Gasteiger partial charge in [-0.15, -0.1) is 0 Å². The molecule has 1 aromatic carbocycles. The van der Waals surface area contributed by atoms with Gasteiger partial charge >= 0.3 is 0 Å². The summed E-state index contributed by atoms with van der Waals surface area (Å²) in [6, 6.07) is 6.74. The quantitative estimate of drug-likeness (QED) is 0.918. The highest BCUT2D eigenvalue weighted by atomic mass is 35.5. The summed E-state index contributed by atoms with van der Waals surface area (Å²) < 4.78 is 13.2. The third-order valence-electron chi connectivity index (χ3n) is 3.18. The first kappa shape index (κ1) is 14.0. The van der Waals surface area contributed by atoms with Gasteiger partial charge in [-0.05, 0) is 48.2 Å². The highest BCUT2D eigenvalue weighted by Gasteiger charge is 2.08. The number of halogens is 2. The minimum Gasteiger partial charge on any atom is -0.330 e. The molecule has 2 N–H and O–H groups in total. The monoisotopic (exact) mass is 278 g/mol. The fourth-order valence-electron chi connectivity index (χ4n) is 1.98. The Hall–Kier alpha value is -1.45. The van der Waals surface area contributed by atoms with Crippen molar-refractivity contribution in [2.75, 3.05) is 6.54 Å². The van der Waals surface area contributed by atoms with E-state index in [9.17, 15) is 4.39 Å². The summed E-state index contributed by atoms with van der Waals surface area (Å²) in [6.45, 7) is 2.76. The van der Waals surface area contributed by atoms with E-state index in [1.54, 1.807) is 18.3 Å². The number of nitrogens with zero attached hydrogens (tertiary/aromatic N) is 1. The Morgan fingerprint density at radius 1 is 1.26 bits per heavy atom. The number of pyridine rings is 1. The van der Waals surface area contributed by atoms with Gasteiger partial charge < -0.3 is 5.73 Å². The molecule has 0 bridgehead atoms. The van der Waals surface area contributed by atoms with Crippen LogP contribution in [0.4, 0.5) is 4.39 Å². The number of rotatable bonds is 4. The van der Waals surface area contributed by atoms with Crippen LogP contribution in [0.1, 0.15) is 24.8 Å². The summed E-state index contributed by atoms with van der Waals surface area (Å²) in [7, 11) is 0. The fraction of sp³-hybridized carbons (Fsp3) is 0.267. The third kappa shape index (κ3) is 3.31. The first-order valence-electron chi connectivity index (χ1n) is 6.22. The summed E-state index contributed by atoms with van der Waals surface area (Å²) in [5.74, 6) is -0.0561. The molecule has 1 heterocycles. The van der Waals surface area contributed by atoms with Gasteiger partial charge in [0.15, 0.2) is 0 Å². The molecule has 2 rings (SSSR count). The van der Waals surface area contributed by atoms with Crippen LogP contribution in [0.3, 0.4) is 0 Å². The van der Waals surface area contributed by atoms with Crippen LogP contribution in [0.2, 0.25) is 5.02 Å². The first-order chi connectivity index (χ1) is 9.11. The van der Waals surface area contributed by atoms with Crippen molar-refractivity contribution in [3.63, 3.8) is 0 Å². The Bertz CT molecular complexity index is 572. The van der Waals surface area contributed by atoms with E-state index in [1.807, 2.05) is 6.20 Å². The second-order valence-corrected chi connectivity index (χ2v) is 5.02. The van der Waals surface area contributed by atoms with E-state index in [2.05, 4.69) is 18.0 Å². The molecule has 0 fully saturated rings. The molecule has 2 aromatic rings. The second-order valence-electron chi connectivity index (χ2n) is 4.61. The molecule has 0 amide bonds. The van der Waals surface area contributed by atoms with Crippen molar-refractivity contribution in [1.29, 1.82) is 0 Å². The molecule has 0 saturated heterocycles. The Morgan fingerprint density at radius 3 is 2.74 bits per heavy atom. The van der Waals surface area contributed by atoms with Gasteiger partial charge in [-0.2, -0.15) is 0 Å². The predicted octanol–water partition coefficient (Wildman–Crippen LogP) is 3.99. The molecular weight excluding hydrogens is 263 g/mol. The van der Waals surface area contributed by atoms with Crippen molar-refractivity contribution in [3.8, 4) is 11.1 Å². The largest absolute Gasteiger partial charge is 0.330 e. The average Bonchev–Trinajstić information content (AvgIpc) is 2.42. The fourth-order valence-corrected chi connectivity index (χ4v) is 2.16. The highest BCUT2D eigenvalue weighted by Crippen LogP contribution is 2.27. The molecule has 0 aliphatic carbocycles. The van der Waals surface area contributed by atoms with E-state index in [1.165, 1.54) is 6.07 Å². The molecule has 4 heteroatoms. The van der Waals surface area contributed by atoms with Gasteiger partial charge in [-0.3, -0.25) is 4.98 Å². The van der Waals surface area contributed by atoms with Crippen molar-refractivity contribution in [3.05, 3.63) is 53.1 Å². The topological polar surface area (TPSA) is 38.9 Å². The maximum atomic E-state index is 13.2. The van der Waals surface area contributed by atoms with Crippen LogP contribution in [0.15, 0.2) is 36.7 Å². The average molecular weight is 279 g/mol. The highest BCUT2D eigenvalue weighted by molar-refractivity contribution is 6.31. The maximum Gasteiger partial charge on any atom is 0.141 e. The zero-order valence-corrected chi connectivity index (χ0v) is 11.5. The standard InChI is InChI=1S/C15H16ClFN2/c1-10(4-5-18)12-6-13(9-19-8-12)11-2-3-15(17)14(16)7-11/h2-3,6-10H,4-5,18H2,1H3. The minimum absolute atomic E-state index is 0.123. The molecule has 0 spiro atoms. The first-order valence-corrected chi connectivity index (χ1v) is 6.60. The van der Waals surface area contributed by atoms with Crippen LogP contribution in [-0.4, -0.2) is 11.5 Å². The lowest BCUT2D eigenvalue weighted by Gasteiger charge is -2.11. The van der Waals surface area contributed by atoms with Gasteiger partial charge in [0.05, 0.1) is 5.02 Å². The summed E-state index contributed by atoms with van der Waals surface area (Å²) in [4.78, 5) is 4.24. The smallest absolute Gasteiger partial charge is 0.141 e. The minimum atomic E-state index is -0.411. The Kier molecular flexibility index (Phi) is 4.51. The van der Waals surface area contributed by atoms with Crippen LogP contribution in [0, 0.1) is 5.82 Å². The van der Waals surface area contributed by atoms with Gasteiger partial charge in [-0.25, -0.2) is 4.39 Å². The maximum absolute atomic E-state index is 13.2. The SMILES string of the molecule is CC(CCN)c1cncc(-c2ccc(F)c(Cl)c2)c1. The Labute approximate surface area is 117 Å². The van der Waals surface area contributed by atoms with Crippen LogP contribution in [0.25, 0.3) is 11.1 Å². The lowest BCUT2D eigenvalue weighted by atomic mass is 9.96. The number of hydrogen-bond donors (Lipinski definition) is 1. The molecule has 100 valence electrons. The summed E-state index contributed by atoms with van der Waals surface area (Å²) in [5.41, 5.74) is 8.50. The lowest BCUT2D eigenvalue weighted by Crippen LogP contribution is -2.04. The Morgan fingerprint density at radius 2 is 2.05 bits per heavy atom. The zero-order chi connectivity index (χ0) is 13.8. The molecular formula is C15H16ClFN2. The van der Waals surface area contributed by atoms with E-state index < -0.39 is 5.82 Å². The van der Waals surface area contributed by atoms with Crippen LogP contribution < -0.4 is 5.73 Å². The van der Waals surface area contributed by atoms with Crippen LogP contribution in [-0.2, 0) is 0 Å². The van der Waals surface area contributed by atoms with Crippen molar-refractivity contribution in [2.45, 2.75) is 19.3 Å². The third-order valence-corrected chi connectivity index (χ3v) is 3.47. The number of hydrogen-bond acceptors (Lipinski definition) is 2. The van der Waals surface area contributed by atoms with Gasteiger partial charge in [-0.1, -0.05) is 24.6 Å². The van der Waals surface area contributed by atoms with Gasteiger partial charge in [0, 0.05) is 18.0 Å². The summed E-state index contributed by atoms with van der Waals surface area (Å²) in [6.07, 6.45) is 4.51. The van der Waals surface area contributed by atoms with Crippen LogP contribution in [0.5, 0.6) is 0 Å². The van der Waals surface area contributed by atoms with Crippen molar-refractivity contribution < 1.29 is 4.39 Å². The van der Waals surface area contributed by atoms with E-state index in [0.29, 0.717) is 12.5 Å². The Balaban J connectivity index is 2.34. The van der Waals surface area contributed by atoms with E-state index in [4.69, 9.17) is 17.3 Å². The molecule has 1 unspecified atom stereocenters. The predicted molar refractivity (Wildman–Crippen MR) is 76.7 cm³/mol. The van der Waals surface area contributed by atoms with E-state index >= 15 is 0 Å². The number of nitrogens with two attached hydrogens (primary N) is 1. The van der Waals surface area contributed by atoms with Gasteiger partial charge in [0.2, 0.25) is 0 Å². The molecule has 0 aliphatic heterocycles. The lowest BCUT2D eigenvalue weighted by molar-refractivity contribution is 0.628. The number of aromatic nitrogens is 1. The molecule has 2 nitrogen and oxygen atoms in total. The normalized spacial score (nSPS) is 12.4.